The fraction of sp³-hybridized carbons (Fsp3) is 0.250. The molecule has 22 heavy (non-hydrogen) atoms. The van der Waals surface area contributed by atoms with E-state index in [2.05, 4.69) is 16.0 Å². The fourth-order valence-corrected chi connectivity index (χ4v) is 2.55. The molecule has 0 saturated heterocycles. The molecule has 0 spiro atoms. The molecule has 0 aliphatic heterocycles. The Morgan fingerprint density at radius 2 is 1.91 bits per heavy atom. The Kier molecular flexibility index (Phi) is 6.12. The van der Waals surface area contributed by atoms with Crippen LogP contribution in [0.5, 0.6) is 0 Å². The van der Waals surface area contributed by atoms with Gasteiger partial charge in [-0.2, -0.15) is 11.3 Å². The van der Waals surface area contributed by atoms with Gasteiger partial charge in [0.25, 0.3) is 11.8 Å². The van der Waals surface area contributed by atoms with Crippen molar-refractivity contribution in [2.24, 2.45) is 0 Å². The van der Waals surface area contributed by atoms with Crippen LogP contribution in [0, 0.1) is 0 Å². The summed E-state index contributed by atoms with van der Waals surface area (Å²) in [4.78, 5) is 24.3. The van der Waals surface area contributed by atoms with Crippen LogP contribution in [0.15, 0.2) is 41.1 Å². The number of likely N-dealkylation sites (N-methyl/N-ethyl adjacent to an activating group) is 1. The largest absolute Gasteiger partial charge is 0.351 e. The molecule has 5 nitrogen and oxygen atoms in total. The predicted octanol–water partition coefficient (Wildman–Crippen LogP) is 2.34. The second-order valence-electron chi connectivity index (χ2n) is 4.62. The summed E-state index contributed by atoms with van der Waals surface area (Å²) in [6.45, 7) is 4.13. The number of para-hydroxylation sites is 1. The number of benzene rings is 1. The average Bonchev–Trinajstić information content (AvgIpc) is 3.06. The van der Waals surface area contributed by atoms with E-state index in [-0.39, 0.29) is 11.8 Å². The second kappa shape index (κ2) is 8.31. The smallest absolute Gasteiger partial charge is 0.256 e. The third kappa shape index (κ3) is 4.41. The molecule has 0 aliphatic rings. The van der Waals surface area contributed by atoms with Crippen LogP contribution in [0.2, 0.25) is 0 Å². The van der Waals surface area contributed by atoms with Crippen molar-refractivity contribution in [2.75, 3.05) is 25.0 Å². The maximum Gasteiger partial charge on any atom is 0.256 e. The molecule has 0 saturated carbocycles. The normalized spacial score (nSPS) is 10.2. The first-order valence-electron chi connectivity index (χ1n) is 7.14. The van der Waals surface area contributed by atoms with Crippen molar-refractivity contribution in [1.29, 1.82) is 0 Å². The van der Waals surface area contributed by atoms with Crippen molar-refractivity contribution < 1.29 is 9.59 Å². The summed E-state index contributed by atoms with van der Waals surface area (Å²) in [5.41, 5.74) is 1.56. The lowest BCUT2D eigenvalue weighted by atomic mass is 10.1. The Balaban J connectivity index is 2.03. The highest BCUT2D eigenvalue weighted by atomic mass is 32.1. The molecule has 0 unspecified atom stereocenters. The van der Waals surface area contributed by atoms with Crippen molar-refractivity contribution >= 4 is 28.8 Å². The number of amides is 2. The molecule has 0 atom stereocenters. The lowest BCUT2D eigenvalue weighted by Gasteiger charge is -2.11. The van der Waals surface area contributed by atoms with Gasteiger partial charge in [-0.05, 0) is 30.1 Å². The van der Waals surface area contributed by atoms with Gasteiger partial charge in [-0.15, -0.1) is 0 Å². The quantitative estimate of drug-likeness (QED) is 0.687. The molecule has 1 aromatic heterocycles. The van der Waals surface area contributed by atoms with Crippen LogP contribution in [0.4, 0.5) is 5.69 Å². The summed E-state index contributed by atoms with van der Waals surface area (Å²) in [6, 6.07) is 8.74. The van der Waals surface area contributed by atoms with Crippen molar-refractivity contribution in [2.45, 2.75) is 6.92 Å². The monoisotopic (exact) mass is 317 g/mol. The van der Waals surface area contributed by atoms with Gasteiger partial charge >= 0.3 is 0 Å². The Labute approximate surface area is 133 Å². The van der Waals surface area contributed by atoms with Crippen LogP contribution in [0.1, 0.15) is 27.6 Å². The lowest BCUT2D eigenvalue weighted by Crippen LogP contribution is -2.32. The zero-order valence-electron chi connectivity index (χ0n) is 12.4. The summed E-state index contributed by atoms with van der Waals surface area (Å²) in [6.07, 6.45) is 0. The molecule has 0 fully saturated rings. The van der Waals surface area contributed by atoms with E-state index in [0.717, 1.165) is 6.54 Å². The fourth-order valence-electron chi connectivity index (χ4n) is 1.91. The van der Waals surface area contributed by atoms with Crippen molar-refractivity contribution in [3.05, 3.63) is 52.2 Å². The number of thiophene rings is 1. The number of nitrogens with one attached hydrogen (secondary N) is 3. The van der Waals surface area contributed by atoms with Gasteiger partial charge in [0.2, 0.25) is 0 Å². The predicted molar refractivity (Wildman–Crippen MR) is 89.6 cm³/mol. The number of hydrogen-bond acceptors (Lipinski definition) is 4. The van der Waals surface area contributed by atoms with Gasteiger partial charge in [0.1, 0.15) is 0 Å². The Morgan fingerprint density at radius 1 is 1.09 bits per heavy atom. The molecule has 116 valence electrons. The first-order valence-corrected chi connectivity index (χ1v) is 8.08. The van der Waals surface area contributed by atoms with Gasteiger partial charge < -0.3 is 16.0 Å². The van der Waals surface area contributed by atoms with Gasteiger partial charge in [-0.25, -0.2) is 0 Å². The van der Waals surface area contributed by atoms with E-state index in [9.17, 15) is 9.59 Å². The number of rotatable bonds is 7. The minimum absolute atomic E-state index is 0.195. The third-order valence-corrected chi connectivity index (χ3v) is 3.72. The van der Waals surface area contributed by atoms with Crippen LogP contribution >= 0.6 is 11.3 Å². The van der Waals surface area contributed by atoms with Crippen molar-refractivity contribution in [1.82, 2.24) is 10.6 Å². The maximum absolute atomic E-state index is 12.2. The van der Waals surface area contributed by atoms with E-state index in [1.54, 1.807) is 35.7 Å². The maximum atomic E-state index is 12.2. The third-order valence-electron chi connectivity index (χ3n) is 3.04. The first kappa shape index (κ1) is 16.2. The minimum atomic E-state index is -0.214. The van der Waals surface area contributed by atoms with E-state index < -0.39 is 0 Å². The molecule has 1 heterocycles. The van der Waals surface area contributed by atoms with Gasteiger partial charge in [0, 0.05) is 18.5 Å². The van der Waals surface area contributed by atoms with Gasteiger partial charge in [0.15, 0.2) is 0 Å². The Morgan fingerprint density at radius 3 is 2.64 bits per heavy atom. The highest BCUT2D eigenvalue weighted by molar-refractivity contribution is 7.08. The number of carbonyl (C=O) groups is 2. The minimum Gasteiger partial charge on any atom is -0.351 e. The van der Waals surface area contributed by atoms with Crippen LogP contribution in [0.25, 0.3) is 0 Å². The molecule has 3 N–H and O–H groups in total. The van der Waals surface area contributed by atoms with Gasteiger partial charge in [0.05, 0.1) is 16.8 Å². The van der Waals surface area contributed by atoms with Crippen molar-refractivity contribution in [3.63, 3.8) is 0 Å². The van der Waals surface area contributed by atoms with Gasteiger partial charge in [-0.1, -0.05) is 19.1 Å². The SMILES string of the molecule is CCNCCNC(=O)c1ccccc1NC(=O)c1ccsc1. The molecule has 2 aromatic rings. The van der Waals surface area contributed by atoms with Crippen LogP contribution in [0.3, 0.4) is 0 Å². The standard InChI is InChI=1S/C16H19N3O2S/c1-2-17-8-9-18-16(21)13-5-3-4-6-14(13)19-15(20)12-7-10-22-11-12/h3-7,10-11,17H,2,8-9H2,1H3,(H,18,21)(H,19,20). The summed E-state index contributed by atoms with van der Waals surface area (Å²) >= 11 is 1.46. The van der Waals surface area contributed by atoms with E-state index in [1.807, 2.05) is 12.3 Å². The zero-order valence-corrected chi connectivity index (χ0v) is 13.2. The summed E-state index contributed by atoms with van der Waals surface area (Å²) < 4.78 is 0. The highest BCUT2D eigenvalue weighted by Gasteiger charge is 2.13. The zero-order chi connectivity index (χ0) is 15.8. The van der Waals surface area contributed by atoms with Gasteiger partial charge in [-0.3, -0.25) is 9.59 Å². The van der Waals surface area contributed by atoms with E-state index in [0.29, 0.717) is 29.9 Å². The number of hydrogen-bond donors (Lipinski definition) is 3. The summed E-state index contributed by atoms with van der Waals surface area (Å²) in [7, 11) is 0. The topological polar surface area (TPSA) is 70.2 Å². The number of carbonyl (C=O) groups excluding carboxylic acids is 2. The number of anilines is 1. The van der Waals surface area contributed by atoms with Crippen LogP contribution in [-0.2, 0) is 0 Å². The molecular formula is C16H19N3O2S. The second-order valence-corrected chi connectivity index (χ2v) is 5.40. The average molecular weight is 317 g/mol. The van der Waals surface area contributed by atoms with Crippen LogP contribution < -0.4 is 16.0 Å². The summed E-state index contributed by atoms with van der Waals surface area (Å²) in [5.74, 6) is -0.409. The Bertz CT molecular complexity index is 626. The lowest BCUT2D eigenvalue weighted by molar-refractivity contribution is 0.0955. The van der Waals surface area contributed by atoms with Crippen molar-refractivity contribution in [3.8, 4) is 0 Å². The molecule has 0 radical (unpaired) electrons. The highest BCUT2D eigenvalue weighted by Crippen LogP contribution is 2.17. The molecule has 2 rings (SSSR count). The molecule has 0 bridgehead atoms. The van der Waals surface area contributed by atoms with E-state index in [4.69, 9.17) is 0 Å². The molecule has 2 amide bonds. The van der Waals surface area contributed by atoms with E-state index >= 15 is 0 Å². The van der Waals surface area contributed by atoms with E-state index in [1.165, 1.54) is 11.3 Å². The Hall–Kier alpha value is -2.18. The van der Waals surface area contributed by atoms with Crippen LogP contribution in [-0.4, -0.2) is 31.4 Å². The molecule has 0 aliphatic carbocycles. The molecular weight excluding hydrogens is 298 g/mol. The molecule has 6 heteroatoms. The summed E-state index contributed by atoms with van der Waals surface area (Å²) in [5, 5.41) is 12.4. The first-order chi connectivity index (χ1) is 10.7. The molecule has 1 aromatic carbocycles.